The van der Waals surface area contributed by atoms with Gasteiger partial charge < -0.3 is 14.6 Å². The van der Waals surface area contributed by atoms with E-state index in [1.54, 1.807) is 13.8 Å². The van der Waals surface area contributed by atoms with E-state index in [1.807, 2.05) is 0 Å². The first kappa shape index (κ1) is 11.4. The number of carboxylic acids is 1. The Morgan fingerprint density at radius 2 is 1.67 bits per heavy atom. The van der Waals surface area contributed by atoms with Gasteiger partial charge in [-0.2, -0.15) is 0 Å². The summed E-state index contributed by atoms with van der Waals surface area (Å²) in [6.45, 7) is 6.29. The van der Waals surface area contributed by atoms with Crippen molar-refractivity contribution in [1.82, 2.24) is 0 Å². The SMILES string of the molecule is COC(C)(C)OC(C)(C)C(=O)O. The molecule has 0 aliphatic heterocycles. The van der Waals surface area contributed by atoms with E-state index in [4.69, 9.17) is 14.6 Å². The van der Waals surface area contributed by atoms with Crippen molar-refractivity contribution in [2.45, 2.75) is 39.1 Å². The smallest absolute Gasteiger partial charge is 0.335 e. The van der Waals surface area contributed by atoms with E-state index >= 15 is 0 Å². The summed E-state index contributed by atoms with van der Waals surface area (Å²) in [7, 11) is 1.47. The summed E-state index contributed by atoms with van der Waals surface area (Å²) < 4.78 is 10.2. The van der Waals surface area contributed by atoms with E-state index in [0.29, 0.717) is 0 Å². The minimum atomic E-state index is -1.22. The van der Waals surface area contributed by atoms with Gasteiger partial charge in [0.25, 0.3) is 0 Å². The average Bonchev–Trinajstić information content (AvgIpc) is 1.85. The van der Waals surface area contributed by atoms with Crippen molar-refractivity contribution in [2.24, 2.45) is 0 Å². The molecule has 0 atom stereocenters. The van der Waals surface area contributed by atoms with Crippen LogP contribution in [0.4, 0.5) is 0 Å². The largest absolute Gasteiger partial charge is 0.479 e. The fraction of sp³-hybridized carbons (Fsp3) is 0.875. The number of rotatable bonds is 4. The molecule has 0 saturated heterocycles. The highest BCUT2D eigenvalue weighted by atomic mass is 16.7. The third-order valence-corrected chi connectivity index (χ3v) is 1.51. The van der Waals surface area contributed by atoms with Crippen LogP contribution in [-0.2, 0) is 14.3 Å². The lowest BCUT2D eigenvalue weighted by molar-refractivity contribution is -0.252. The first-order chi connectivity index (χ1) is 5.21. The molecule has 0 amide bonds. The maximum Gasteiger partial charge on any atom is 0.335 e. The molecule has 0 unspecified atom stereocenters. The molecule has 0 aromatic carbocycles. The minimum Gasteiger partial charge on any atom is -0.479 e. The molecule has 0 aromatic rings. The van der Waals surface area contributed by atoms with Crippen LogP contribution in [0.15, 0.2) is 0 Å². The Hall–Kier alpha value is -0.610. The molecule has 1 N–H and O–H groups in total. The topological polar surface area (TPSA) is 55.8 Å². The Morgan fingerprint density at radius 3 is 1.92 bits per heavy atom. The summed E-state index contributed by atoms with van der Waals surface area (Å²) in [6, 6.07) is 0. The lowest BCUT2D eigenvalue weighted by Crippen LogP contribution is -2.43. The first-order valence-corrected chi connectivity index (χ1v) is 3.70. The van der Waals surface area contributed by atoms with E-state index in [0.717, 1.165) is 0 Å². The van der Waals surface area contributed by atoms with Crippen molar-refractivity contribution >= 4 is 5.97 Å². The number of hydrogen-bond donors (Lipinski definition) is 1. The lowest BCUT2D eigenvalue weighted by atomic mass is 10.1. The minimum absolute atomic E-state index is 0.873. The number of ether oxygens (including phenoxy) is 2. The van der Waals surface area contributed by atoms with Gasteiger partial charge in [0.05, 0.1) is 0 Å². The van der Waals surface area contributed by atoms with Crippen molar-refractivity contribution in [2.75, 3.05) is 7.11 Å². The predicted octanol–water partition coefficient (Wildman–Crippen LogP) is 1.25. The van der Waals surface area contributed by atoms with Crippen LogP contribution in [0.5, 0.6) is 0 Å². The van der Waals surface area contributed by atoms with Gasteiger partial charge in [-0.3, -0.25) is 0 Å². The Morgan fingerprint density at radius 1 is 1.25 bits per heavy atom. The molecule has 0 rings (SSSR count). The third-order valence-electron chi connectivity index (χ3n) is 1.51. The summed E-state index contributed by atoms with van der Waals surface area (Å²) in [5.74, 6) is -1.88. The molecule has 0 fully saturated rings. The maximum absolute atomic E-state index is 10.6. The molecule has 0 aliphatic carbocycles. The van der Waals surface area contributed by atoms with Crippen LogP contribution in [0.1, 0.15) is 27.7 Å². The predicted molar refractivity (Wildman–Crippen MR) is 43.9 cm³/mol. The second-order valence-electron chi connectivity index (χ2n) is 3.52. The molecule has 0 bridgehead atoms. The quantitative estimate of drug-likeness (QED) is 0.655. The highest BCUT2D eigenvalue weighted by Crippen LogP contribution is 2.20. The number of aliphatic carboxylic acids is 1. The zero-order chi connectivity index (χ0) is 9.99. The Kier molecular flexibility index (Phi) is 3.24. The van der Waals surface area contributed by atoms with Crippen LogP contribution in [0.25, 0.3) is 0 Å². The maximum atomic E-state index is 10.6. The Labute approximate surface area is 72.5 Å². The van der Waals surface area contributed by atoms with E-state index in [1.165, 1.54) is 21.0 Å². The number of carbonyl (C=O) groups is 1. The van der Waals surface area contributed by atoms with E-state index in [-0.39, 0.29) is 0 Å². The van der Waals surface area contributed by atoms with Crippen molar-refractivity contribution in [3.63, 3.8) is 0 Å². The number of methoxy groups -OCH3 is 1. The summed E-state index contributed by atoms with van der Waals surface area (Å²) in [5.41, 5.74) is -1.22. The van der Waals surface area contributed by atoms with Crippen molar-refractivity contribution in [1.29, 1.82) is 0 Å². The molecule has 0 radical (unpaired) electrons. The molecule has 72 valence electrons. The van der Waals surface area contributed by atoms with Gasteiger partial charge in [-0.05, 0) is 27.7 Å². The van der Waals surface area contributed by atoms with Crippen LogP contribution >= 0.6 is 0 Å². The highest BCUT2D eigenvalue weighted by Gasteiger charge is 2.35. The van der Waals surface area contributed by atoms with Gasteiger partial charge >= 0.3 is 5.97 Å². The van der Waals surface area contributed by atoms with Crippen LogP contribution in [0, 0.1) is 0 Å². The van der Waals surface area contributed by atoms with E-state index in [2.05, 4.69) is 0 Å². The molecule has 0 spiro atoms. The lowest BCUT2D eigenvalue weighted by Gasteiger charge is -2.31. The van der Waals surface area contributed by atoms with Gasteiger partial charge in [0, 0.05) is 7.11 Å². The number of hydrogen-bond acceptors (Lipinski definition) is 3. The monoisotopic (exact) mass is 176 g/mol. The fourth-order valence-corrected chi connectivity index (χ4v) is 0.700. The molecule has 4 nitrogen and oxygen atoms in total. The molecular weight excluding hydrogens is 160 g/mol. The Bertz CT molecular complexity index is 172. The normalized spacial score (nSPS) is 13.1. The van der Waals surface area contributed by atoms with Gasteiger partial charge in [-0.1, -0.05) is 0 Å². The van der Waals surface area contributed by atoms with Crippen molar-refractivity contribution in [3.8, 4) is 0 Å². The van der Waals surface area contributed by atoms with Gasteiger partial charge in [-0.15, -0.1) is 0 Å². The molecule has 0 aliphatic rings. The second kappa shape index (κ2) is 3.41. The standard InChI is InChI=1S/C8H16O4/c1-7(2,6(9)10)12-8(3,4)11-5/h1-5H3,(H,9,10). The van der Waals surface area contributed by atoms with Gasteiger partial charge in [0.2, 0.25) is 0 Å². The van der Waals surface area contributed by atoms with Crippen molar-refractivity contribution in [3.05, 3.63) is 0 Å². The fourth-order valence-electron chi connectivity index (χ4n) is 0.700. The van der Waals surface area contributed by atoms with Crippen LogP contribution in [-0.4, -0.2) is 29.6 Å². The summed E-state index contributed by atoms with van der Waals surface area (Å²) >= 11 is 0. The van der Waals surface area contributed by atoms with Gasteiger partial charge in [0.1, 0.15) is 0 Å². The van der Waals surface area contributed by atoms with Crippen LogP contribution < -0.4 is 0 Å². The highest BCUT2D eigenvalue weighted by molar-refractivity contribution is 5.76. The zero-order valence-electron chi connectivity index (χ0n) is 8.17. The van der Waals surface area contributed by atoms with Crippen molar-refractivity contribution < 1.29 is 19.4 Å². The molecule has 0 heterocycles. The average molecular weight is 176 g/mol. The summed E-state index contributed by atoms with van der Waals surface area (Å²) in [4.78, 5) is 10.6. The van der Waals surface area contributed by atoms with Gasteiger partial charge in [-0.25, -0.2) is 4.79 Å². The van der Waals surface area contributed by atoms with Crippen LogP contribution in [0.2, 0.25) is 0 Å². The summed E-state index contributed by atoms with van der Waals surface area (Å²) in [5, 5.41) is 8.72. The molecule has 4 heteroatoms. The zero-order valence-corrected chi connectivity index (χ0v) is 8.17. The molecule has 0 saturated carbocycles. The summed E-state index contributed by atoms with van der Waals surface area (Å²) in [6.07, 6.45) is 0. The second-order valence-corrected chi connectivity index (χ2v) is 3.52. The van der Waals surface area contributed by atoms with E-state index in [9.17, 15) is 4.79 Å². The van der Waals surface area contributed by atoms with Crippen LogP contribution in [0.3, 0.4) is 0 Å². The third kappa shape index (κ3) is 3.19. The molecule has 12 heavy (non-hydrogen) atoms. The first-order valence-electron chi connectivity index (χ1n) is 3.70. The molecule has 0 aromatic heterocycles. The number of carboxylic acid groups (broad SMARTS) is 1. The molecular formula is C8H16O4. The Balaban J connectivity index is 4.34. The van der Waals surface area contributed by atoms with Gasteiger partial charge in [0.15, 0.2) is 11.4 Å². The van der Waals surface area contributed by atoms with E-state index < -0.39 is 17.4 Å².